The van der Waals surface area contributed by atoms with Gasteiger partial charge in [-0.15, -0.1) is 0 Å². The summed E-state index contributed by atoms with van der Waals surface area (Å²) in [5.74, 6) is 1.62. The van der Waals surface area contributed by atoms with E-state index >= 15 is 0 Å². The van der Waals surface area contributed by atoms with Crippen LogP contribution in [0.1, 0.15) is 42.9 Å². The van der Waals surface area contributed by atoms with Crippen LogP contribution in [0.3, 0.4) is 0 Å². The molecule has 1 aromatic heterocycles. The molecular weight excluding hydrogens is 478 g/mol. The minimum absolute atomic E-state index is 0.164. The molecule has 0 bridgehead atoms. The van der Waals surface area contributed by atoms with Crippen molar-refractivity contribution in [2.75, 3.05) is 11.4 Å². The first kappa shape index (κ1) is 25.5. The monoisotopic (exact) mass is 507 g/mol. The van der Waals surface area contributed by atoms with Crippen molar-refractivity contribution in [1.29, 1.82) is 10.5 Å². The van der Waals surface area contributed by atoms with E-state index in [-0.39, 0.29) is 5.92 Å². The molecule has 0 amide bonds. The lowest BCUT2D eigenvalue weighted by Crippen LogP contribution is -2.31. The van der Waals surface area contributed by atoms with Gasteiger partial charge in [0.1, 0.15) is 11.7 Å². The zero-order valence-corrected chi connectivity index (χ0v) is 22.2. The zero-order valence-electron chi connectivity index (χ0n) is 22.2. The van der Waals surface area contributed by atoms with Crippen LogP contribution in [0.5, 0.6) is 0 Å². The van der Waals surface area contributed by atoms with E-state index in [0.29, 0.717) is 23.5 Å². The van der Waals surface area contributed by atoms with Gasteiger partial charge in [-0.25, -0.2) is 4.99 Å². The molecular formula is C34H29N5. The van der Waals surface area contributed by atoms with Crippen LogP contribution in [-0.2, 0) is 0 Å². The van der Waals surface area contributed by atoms with Gasteiger partial charge in [0.25, 0.3) is 0 Å². The van der Waals surface area contributed by atoms with Gasteiger partial charge in [-0.05, 0) is 73.5 Å². The Bertz CT molecular complexity index is 1780. The topological polar surface area (TPSA) is 68.1 Å². The molecule has 1 aliphatic heterocycles. The maximum atomic E-state index is 9.60. The lowest BCUT2D eigenvalue weighted by Gasteiger charge is -2.28. The summed E-state index contributed by atoms with van der Waals surface area (Å²) in [5.41, 5.74) is 5.36. The van der Waals surface area contributed by atoms with Crippen molar-refractivity contribution in [3.8, 4) is 12.1 Å². The highest BCUT2D eigenvalue weighted by molar-refractivity contribution is 6.12. The van der Waals surface area contributed by atoms with Crippen molar-refractivity contribution in [3.63, 3.8) is 0 Å². The molecule has 0 fully saturated rings. The average molecular weight is 508 g/mol. The summed E-state index contributed by atoms with van der Waals surface area (Å²) in [7, 11) is 0. The Labute approximate surface area is 229 Å². The predicted molar refractivity (Wildman–Crippen MR) is 162 cm³/mol. The Morgan fingerprint density at radius 1 is 1.00 bits per heavy atom. The number of hydrogen-bond acceptors (Lipinski definition) is 3. The van der Waals surface area contributed by atoms with Crippen molar-refractivity contribution >= 4 is 39.1 Å². The van der Waals surface area contributed by atoms with E-state index in [9.17, 15) is 10.5 Å². The Hall–Kier alpha value is -5.13. The second-order valence-electron chi connectivity index (χ2n) is 9.34. The maximum absolute atomic E-state index is 9.60. The number of rotatable bonds is 4. The minimum Gasteiger partial charge on any atom is -0.322 e. The van der Waals surface area contributed by atoms with E-state index in [2.05, 4.69) is 71.5 Å². The molecule has 1 atom stereocenters. The maximum Gasteiger partial charge on any atom is 0.135 e. The fraction of sp³-hybridized carbons (Fsp3) is 0.147. The smallest absolute Gasteiger partial charge is 0.135 e. The largest absolute Gasteiger partial charge is 0.322 e. The van der Waals surface area contributed by atoms with Gasteiger partial charge in [0.2, 0.25) is 0 Å². The summed E-state index contributed by atoms with van der Waals surface area (Å²) in [5, 5.41) is 21.2. The third-order valence-electron chi connectivity index (χ3n) is 7.14. The molecule has 4 aromatic rings. The van der Waals surface area contributed by atoms with Crippen molar-refractivity contribution in [1.82, 2.24) is 4.57 Å². The second kappa shape index (κ2) is 11.1. The molecule has 0 radical (unpaired) electrons. The number of anilines is 1. The van der Waals surface area contributed by atoms with Crippen LogP contribution in [0, 0.1) is 22.7 Å². The molecule has 0 aliphatic carbocycles. The number of fused-ring (bicyclic) bond motifs is 4. The van der Waals surface area contributed by atoms with Crippen LogP contribution in [0.4, 0.5) is 5.69 Å². The molecule has 0 N–H and O–H groups in total. The lowest BCUT2D eigenvalue weighted by atomic mass is 9.92. The fourth-order valence-corrected chi connectivity index (χ4v) is 5.25. The summed E-state index contributed by atoms with van der Waals surface area (Å²) >= 11 is 0. The number of aromatic nitrogens is 1. The van der Waals surface area contributed by atoms with Gasteiger partial charge in [0.05, 0.1) is 34.3 Å². The summed E-state index contributed by atoms with van der Waals surface area (Å²) in [6, 6.07) is 24.4. The summed E-state index contributed by atoms with van der Waals surface area (Å²) in [4.78, 5) is 7.34. The third-order valence-corrected chi connectivity index (χ3v) is 7.14. The van der Waals surface area contributed by atoms with Gasteiger partial charge >= 0.3 is 0 Å². The summed E-state index contributed by atoms with van der Waals surface area (Å²) in [6.07, 6.45) is 13.1. The molecule has 0 spiro atoms. The SMILES string of the molecule is C=C/C(=N\C(=C/C)n1c2ccccc2c2cc(C#N)ccc21)N1C/C=C\C=C/C(CC)c2cc(C#N)ccc21. The zero-order chi connectivity index (χ0) is 27.4. The quantitative estimate of drug-likeness (QED) is 0.207. The molecule has 1 unspecified atom stereocenters. The first-order valence-corrected chi connectivity index (χ1v) is 13.1. The minimum atomic E-state index is 0.164. The number of amidine groups is 1. The van der Waals surface area contributed by atoms with Crippen LogP contribution in [-0.4, -0.2) is 16.9 Å². The third kappa shape index (κ3) is 4.67. The number of hydrogen-bond donors (Lipinski definition) is 0. The number of aliphatic imine (C=N–C) groups is 1. The number of benzene rings is 3. The van der Waals surface area contributed by atoms with Gasteiger partial charge in [-0.2, -0.15) is 10.5 Å². The summed E-state index contributed by atoms with van der Waals surface area (Å²) < 4.78 is 2.14. The molecule has 5 nitrogen and oxygen atoms in total. The average Bonchev–Trinajstić information content (AvgIpc) is 3.35. The molecule has 0 saturated carbocycles. The Kier molecular flexibility index (Phi) is 7.26. The standard InChI is InChI=1S/C34H29N5/c1-4-26-12-8-7-11-19-38(30-17-15-24(22-35)20-28(26)30)33(5-2)37-34(6-3)39-31-14-10-9-13-27(31)29-21-25(23-36)16-18-32(29)39/h5-18,20-21,26H,2,4,19H2,1,3H3/b11-7-,12-8-,34-6+,37-33+. The number of nitrogens with zero attached hydrogens (tertiary/aromatic N) is 5. The van der Waals surface area contributed by atoms with Crippen molar-refractivity contribution in [2.24, 2.45) is 4.99 Å². The first-order valence-electron chi connectivity index (χ1n) is 13.1. The molecule has 0 saturated heterocycles. The first-order chi connectivity index (χ1) is 19.1. The predicted octanol–water partition coefficient (Wildman–Crippen LogP) is 8.07. The highest BCUT2D eigenvalue weighted by atomic mass is 15.2. The van der Waals surface area contributed by atoms with Crippen LogP contribution >= 0.6 is 0 Å². The Morgan fingerprint density at radius 3 is 2.49 bits per heavy atom. The highest BCUT2D eigenvalue weighted by Crippen LogP contribution is 2.35. The van der Waals surface area contributed by atoms with E-state index < -0.39 is 0 Å². The van der Waals surface area contributed by atoms with Crippen LogP contribution in [0.25, 0.3) is 27.6 Å². The highest BCUT2D eigenvalue weighted by Gasteiger charge is 2.21. The van der Waals surface area contributed by atoms with Gasteiger partial charge in [-0.3, -0.25) is 4.57 Å². The Balaban J connectivity index is 1.71. The van der Waals surface area contributed by atoms with E-state index in [1.165, 1.54) is 0 Å². The van der Waals surface area contributed by atoms with Crippen LogP contribution in [0.2, 0.25) is 0 Å². The number of para-hydroxylation sites is 1. The molecule has 190 valence electrons. The van der Waals surface area contributed by atoms with E-state index in [1.54, 1.807) is 6.08 Å². The van der Waals surface area contributed by atoms with Gasteiger partial charge in [-0.1, -0.05) is 56.0 Å². The normalized spacial score (nSPS) is 17.4. The van der Waals surface area contributed by atoms with E-state index in [0.717, 1.165) is 45.3 Å². The van der Waals surface area contributed by atoms with Crippen LogP contribution in [0.15, 0.2) is 109 Å². The molecule has 39 heavy (non-hydrogen) atoms. The van der Waals surface area contributed by atoms with Gasteiger partial charge in [0, 0.05) is 28.9 Å². The molecule has 1 aliphatic rings. The van der Waals surface area contributed by atoms with Crippen LogP contribution < -0.4 is 4.90 Å². The molecule has 5 heteroatoms. The van der Waals surface area contributed by atoms with Gasteiger partial charge in [0.15, 0.2) is 0 Å². The van der Waals surface area contributed by atoms with Crippen molar-refractivity contribution in [3.05, 3.63) is 120 Å². The number of nitriles is 2. The second-order valence-corrected chi connectivity index (χ2v) is 9.34. The van der Waals surface area contributed by atoms with E-state index in [1.807, 2.05) is 61.5 Å². The molecule has 3 aromatic carbocycles. The van der Waals surface area contributed by atoms with Crippen molar-refractivity contribution in [2.45, 2.75) is 26.2 Å². The molecule has 5 rings (SSSR count). The van der Waals surface area contributed by atoms with Gasteiger partial charge < -0.3 is 4.90 Å². The summed E-state index contributed by atoms with van der Waals surface area (Å²) in [6.45, 7) is 8.87. The van der Waals surface area contributed by atoms with E-state index in [4.69, 9.17) is 4.99 Å². The lowest BCUT2D eigenvalue weighted by molar-refractivity contribution is 0.803. The Morgan fingerprint density at radius 2 is 1.74 bits per heavy atom. The van der Waals surface area contributed by atoms with Crippen molar-refractivity contribution < 1.29 is 0 Å². The number of allylic oxidation sites excluding steroid dienone is 4. The fourth-order valence-electron chi connectivity index (χ4n) is 5.25. The molecule has 2 heterocycles.